The van der Waals surface area contributed by atoms with E-state index in [9.17, 15) is 0 Å². The molecule has 0 bridgehead atoms. The Hall–Kier alpha value is 0. The molecular weight excluding hydrogens is 156 g/mol. The summed E-state index contributed by atoms with van der Waals surface area (Å²) < 4.78 is 0. The van der Waals surface area contributed by atoms with Crippen molar-refractivity contribution in [1.82, 2.24) is 0 Å². The Balaban J connectivity index is 1.57. The van der Waals surface area contributed by atoms with Crippen LogP contribution in [0.25, 0.3) is 0 Å². The SMILES string of the molecule is C1CCCC2C(CC1)C21CC12CC2. The highest BCUT2D eigenvalue weighted by Gasteiger charge is 2.87. The highest BCUT2D eigenvalue weighted by Crippen LogP contribution is 2.94. The van der Waals surface area contributed by atoms with E-state index >= 15 is 0 Å². The first-order valence-corrected chi connectivity index (χ1v) is 6.39. The number of fused-ring (bicyclic) bond motifs is 4. The molecule has 13 heavy (non-hydrogen) atoms. The Morgan fingerprint density at radius 1 is 0.769 bits per heavy atom. The van der Waals surface area contributed by atoms with E-state index in [1.165, 1.54) is 24.7 Å². The average Bonchev–Trinajstić information content (AvgIpc) is 2.95. The molecule has 72 valence electrons. The van der Waals surface area contributed by atoms with Crippen LogP contribution in [0.5, 0.6) is 0 Å². The van der Waals surface area contributed by atoms with Crippen molar-refractivity contribution in [2.75, 3.05) is 0 Å². The molecule has 0 heterocycles. The molecule has 0 aromatic heterocycles. The third kappa shape index (κ3) is 0.714. The number of rotatable bonds is 0. The monoisotopic (exact) mass is 176 g/mol. The molecule has 0 radical (unpaired) electrons. The van der Waals surface area contributed by atoms with Crippen LogP contribution in [0.2, 0.25) is 0 Å². The minimum atomic E-state index is 0.979. The second-order valence-electron chi connectivity index (χ2n) is 6.20. The predicted molar refractivity (Wildman–Crippen MR) is 53.4 cm³/mol. The molecule has 0 aromatic rings. The zero-order valence-corrected chi connectivity index (χ0v) is 8.52. The van der Waals surface area contributed by atoms with Crippen molar-refractivity contribution >= 4 is 0 Å². The molecule has 0 saturated heterocycles. The van der Waals surface area contributed by atoms with Crippen molar-refractivity contribution in [1.29, 1.82) is 0 Å². The fraction of sp³-hybridized carbons (Fsp3) is 1.00. The Labute approximate surface area is 81.1 Å². The molecule has 4 saturated carbocycles. The Morgan fingerprint density at radius 3 is 1.85 bits per heavy atom. The van der Waals surface area contributed by atoms with E-state index < -0.39 is 0 Å². The fourth-order valence-electron chi connectivity index (χ4n) is 4.96. The Morgan fingerprint density at radius 2 is 1.38 bits per heavy atom. The summed E-state index contributed by atoms with van der Waals surface area (Å²) in [5.74, 6) is 2.44. The smallest absolute Gasteiger partial charge is 0.0173 e. The first-order valence-electron chi connectivity index (χ1n) is 6.39. The highest BCUT2D eigenvalue weighted by molar-refractivity contribution is 5.35. The van der Waals surface area contributed by atoms with Crippen LogP contribution >= 0.6 is 0 Å². The molecule has 0 nitrogen and oxygen atoms in total. The maximum Gasteiger partial charge on any atom is -0.0173 e. The lowest BCUT2D eigenvalue weighted by Crippen LogP contribution is -1.90. The van der Waals surface area contributed by atoms with Crippen molar-refractivity contribution < 1.29 is 0 Å². The summed E-state index contributed by atoms with van der Waals surface area (Å²) in [5.41, 5.74) is 1.96. The van der Waals surface area contributed by atoms with E-state index in [4.69, 9.17) is 0 Å². The molecule has 2 atom stereocenters. The zero-order chi connectivity index (χ0) is 8.52. The highest BCUT2D eigenvalue weighted by atomic mass is 14.9. The number of hydrogen-bond acceptors (Lipinski definition) is 0. The lowest BCUT2D eigenvalue weighted by Gasteiger charge is -2.05. The second kappa shape index (κ2) is 1.99. The lowest BCUT2D eigenvalue weighted by molar-refractivity contribution is 0.485. The third-order valence-electron chi connectivity index (χ3n) is 5.83. The molecule has 4 rings (SSSR count). The van der Waals surface area contributed by atoms with Crippen LogP contribution in [0.4, 0.5) is 0 Å². The van der Waals surface area contributed by atoms with Gasteiger partial charge in [-0.25, -0.2) is 0 Å². The normalized spacial score (nSPS) is 55.4. The molecule has 0 aromatic carbocycles. The summed E-state index contributed by atoms with van der Waals surface area (Å²) in [4.78, 5) is 0. The molecule has 4 aliphatic carbocycles. The van der Waals surface area contributed by atoms with Gasteiger partial charge >= 0.3 is 0 Å². The van der Waals surface area contributed by atoms with Gasteiger partial charge in [-0.2, -0.15) is 0 Å². The van der Waals surface area contributed by atoms with Gasteiger partial charge in [0, 0.05) is 0 Å². The minimum absolute atomic E-state index is 0.979. The van der Waals surface area contributed by atoms with Crippen molar-refractivity contribution in [3.05, 3.63) is 0 Å². The molecule has 0 amide bonds. The average molecular weight is 176 g/mol. The van der Waals surface area contributed by atoms with Crippen LogP contribution in [-0.4, -0.2) is 0 Å². The van der Waals surface area contributed by atoms with Crippen LogP contribution in [0.3, 0.4) is 0 Å². The molecular formula is C13H20. The molecule has 2 unspecified atom stereocenters. The summed E-state index contributed by atoms with van der Waals surface area (Å²) in [7, 11) is 0. The number of hydrogen-bond donors (Lipinski definition) is 0. The quantitative estimate of drug-likeness (QED) is 0.527. The van der Waals surface area contributed by atoms with Crippen LogP contribution in [0, 0.1) is 22.7 Å². The van der Waals surface area contributed by atoms with E-state index in [2.05, 4.69) is 0 Å². The van der Waals surface area contributed by atoms with E-state index in [1.807, 2.05) is 0 Å². The first kappa shape index (κ1) is 7.31. The van der Waals surface area contributed by atoms with E-state index in [0.29, 0.717) is 0 Å². The molecule has 0 aliphatic heterocycles. The van der Waals surface area contributed by atoms with Gasteiger partial charge in [0.25, 0.3) is 0 Å². The second-order valence-corrected chi connectivity index (χ2v) is 6.20. The standard InChI is InChI=1S/C13H20/c1-2-4-6-11-10(5-3-1)13(11)9-12(13)7-8-12/h10-11H,1-9H2. The maximum atomic E-state index is 1.66. The van der Waals surface area contributed by atoms with Gasteiger partial charge in [-0.3, -0.25) is 0 Å². The van der Waals surface area contributed by atoms with Gasteiger partial charge in [0.15, 0.2) is 0 Å². The molecule has 2 spiro atoms. The molecule has 4 fully saturated rings. The first-order chi connectivity index (χ1) is 6.39. The lowest BCUT2D eigenvalue weighted by atomic mass is 10.0. The van der Waals surface area contributed by atoms with Crippen LogP contribution in [0.1, 0.15) is 57.8 Å². The van der Waals surface area contributed by atoms with Crippen LogP contribution in [0.15, 0.2) is 0 Å². The summed E-state index contributed by atoms with van der Waals surface area (Å²) in [6, 6.07) is 0. The Bertz CT molecular complexity index is 235. The minimum Gasteiger partial charge on any atom is -0.0533 e. The largest absolute Gasteiger partial charge is 0.0533 e. The van der Waals surface area contributed by atoms with Gasteiger partial charge in [0.05, 0.1) is 0 Å². The fourth-order valence-corrected chi connectivity index (χ4v) is 4.96. The van der Waals surface area contributed by atoms with Crippen molar-refractivity contribution in [3.8, 4) is 0 Å². The maximum absolute atomic E-state index is 1.66. The summed E-state index contributed by atoms with van der Waals surface area (Å²) in [6.45, 7) is 0. The summed E-state index contributed by atoms with van der Waals surface area (Å²) in [6.07, 6.45) is 14.3. The molecule has 0 heteroatoms. The van der Waals surface area contributed by atoms with Crippen molar-refractivity contribution in [2.45, 2.75) is 57.8 Å². The summed E-state index contributed by atoms with van der Waals surface area (Å²) >= 11 is 0. The van der Waals surface area contributed by atoms with Gasteiger partial charge < -0.3 is 0 Å². The Kier molecular flexibility index (Phi) is 1.12. The van der Waals surface area contributed by atoms with Gasteiger partial charge in [0.1, 0.15) is 0 Å². The topological polar surface area (TPSA) is 0 Å². The van der Waals surface area contributed by atoms with Gasteiger partial charge in [-0.15, -0.1) is 0 Å². The van der Waals surface area contributed by atoms with E-state index in [0.717, 1.165) is 10.8 Å². The van der Waals surface area contributed by atoms with Crippen LogP contribution in [-0.2, 0) is 0 Å². The van der Waals surface area contributed by atoms with Gasteiger partial charge in [-0.05, 0) is 54.8 Å². The van der Waals surface area contributed by atoms with Gasteiger partial charge in [-0.1, -0.05) is 25.7 Å². The van der Waals surface area contributed by atoms with E-state index in [-0.39, 0.29) is 0 Å². The van der Waals surface area contributed by atoms with E-state index in [1.54, 1.807) is 44.9 Å². The third-order valence-corrected chi connectivity index (χ3v) is 5.83. The van der Waals surface area contributed by atoms with Crippen LogP contribution < -0.4 is 0 Å². The van der Waals surface area contributed by atoms with Crippen molar-refractivity contribution in [2.24, 2.45) is 22.7 Å². The predicted octanol–water partition coefficient (Wildman–Crippen LogP) is 3.76. The molecule has 4 aliphatic rings. The van der Waals surface area contributed by atoms with Crippen molar-refractivity contribution in [3.63, 3.8) is 0 Å². The molecule has 0 N–H and O–H groups in total. The van der Waals surface area contributed by atoms with Gasteiger partial charge in [0.2, 0.25) is 0 Å². The zero-order valence-electron chi connectivity index (χ0n) is 8.52. The summed E-state index contributed by atoms with van der Waals surface area (Å²) in [5, 5.41) is 0.